The monoisotopic (exact) mass is 529 g/mol. The summed E-state index contributed by atoms with van der Waals surface area (Å²) in [5, 5.41) is 40.1. The van der Waals surface area contributed by atoms with E-state index in [1.165, 1.54) is 77.0 Å². The van der Waals surface area contributed by atoms with Gasteiger partial charge in [-0.1, -0.05) is 113 Å². The number of carboxylic acid groups (broad SMARTS) is 1. The lowest BCUT2D eigenvalue weighted by Crippen LogP contribution is -2.50. The van der Waals surface area contributed by atoms with E-state index in [-0.39, 0.29) is 30.2 Å². The molecule has 2 rings (SSSR count). The molecule has 0 fully saturated rings. The van der Waals surface area contributed by atoms with Crippen LogP contribution in [0.1, 0.15) is 107 Å². The summed E-state index contributed by atoms with van der Waals surface area (Å²) in [4.78, 5) is 10.7. The second-order valence-electron chi connectivity index (χ2n) is 10.2. The van der Waals surface area contributed by atoms with Crippen LogP contribution in [0.25, 0.3) is 10.8 Å². The summed E-state index contributed by atoms with van der Waals surface area (Å²) >= 11 is 0. The zero-order valence-electron chi connectivity index (χ0n) is 23.5. The molecule has 0 saturated heterocycles. The van der Waals surface area contributed by atoms with E-state index in [0.717, 1.165) is 23.6 Å². The number of rotatable bonds is 20. The Bertz CT molecular complexity index is 881. The minimum Gasteiger partial charge on any atom is -0.545 e. The largest absolute Gasteiger partial charge is 0.545 e. The Kier molecular flexibility index (Phi) is 19.3. The number of aliphatic hydroxyl groups excluding tert-OH is 3. The molecule has 6 nitrogen and oxygen atoms in total. The molecule has 0 aliphatic heterocycles. The Morgan fingerprint density at radius 1 is 0.711 bits per heavy atom. The molecule has 38 heavy (non-hydrogen) atoms. The number of quaternary nitrogens is 1. The van der Waals surface area contributed by atoms with Crippen molar-refractivity contribution in [1.29, 1.82) is 0 Å². The fraction of sp³-hybridized carbons (Fsp3) is 0.594. The molecule has 0 heterocycles. The van der Waals surface area contributed by atoms with Crippen LogP contribution in [0.5, 0.6) is 0 Å². The van der Waals surface area contributed by atoms with Crippen LogP contribution in [-0.2, 0) is 0 Å². The SMILES string of the molecule is CCCCCCCC/C=C\CCCCCCCC[N+](CO)(CO)CO.O=C([O-])c1cccc2ccccc12. The molecule has 3 N–H and O–H groups in total. The van der Waals surface area contributed by atoms with Gasteiger partial charge in [0.1, 0.15) is 0 Å². The number of carbonyl (C=O) groups is 1. The average molecular weight is 530 g/mol. The number of carbonyl (C=O) groups excluding carboxylic acids is 1. The zero-order chi connectivity index (χ0) is 27.9. The lowest BCUT2D eigenvalue weighted by Gasteiger charge is -2.31. The first-order chi connectivity index (χ1) is 18.5. The maximum absolute atomic E-state index is 10.7. The van der Waals surface area contributed by atoms with Gasteiger partial charge in [0.2, 0.25) is 0 Å². The van der Waals surface area contributed by atoms with E-state index in [4.69, 9.17) is 0 Å². The van der Waals surface area contributed by atoms with Crippen LogP contribution in [0, 0.1) is 0 Å². The molecular formula is C32H51NO5. The van der Waals surface area contributed by atoms with E-state index in [9.17, 15) is 25.2 Å². The summed E-state index contributed by atoms with van der Waals surface area (Å²) in [7, 11) is 0. The second-order valence-corrected chi connectivity index (χ2v) is 10.2. The Morgan fingerprint density at radius 2 is 1.21 bits per heavy atom. The van der Waals surface area contributed by atoms with Gasteiger partial charge in [0.05, 0.1) is 12.5 Å². The van der Waals surface area contributed by atoms with Gasteiger partial charge >= 0.3 is 0 Å². The molecule has 0 bridgehead atoms. The van der Waals surface area contributed by atoms with Gasteiger partial charge in [0.25, 0.3) is 0 Å². The Morgan fingerprint density at radius 3 is 1.76 bits per heavy atom. The van der Waals surface area contributed by atoms with E-state index < -0.39 is 5.97 Å². The molecule has 0 aromatic heterocycles. The first kappa shape index (κ1) is 33.8. The van der Waals surface area contributed by atoms with Gasteiger partial charge in [0.15, 0.2) is 20.2 Å². The number of carboxylic acids is 1. The molecule has 0 aliphatic rings. The maximum Gasteiger partial charge on any atom is 0.183 e. The predicted molar refractivity (Wildman–Crippen MR) is 154 cm³/mol. The minimum absolute atomic E-state index is 0.0105. The molecule has 0 spiro atoms. The number of hydrogen-bond acceptors (Lipinski definition) is 5. The number of aromatic carboxylic acids is 1. The molecular weight excluding hydrogens is 478 g/mol. The van der Waals surface area contributed by atoms with Crippen LogP contribution in [0.15, 0.2) is 54.6 Å². The summed E-state index contributed by atoms with van der Waals surface area (Å²) in [6, 6.07) is 12.5. The van der Waals surface area contributed by atoms with Crippen molar-refractivity contribution in [2.75, 3.05) is 26.7 Å². The van der Waals surface area contributed by atoms with Gasteiger partial charge in [0, 0.05) is 5.56 Å². The van der Waals surface area contributed by atoms with Crippen molar-refractivity contribution < 1.29 is 29.7 Å². The molecule has 0 amide bonds. The predicted octanol–water partition coefficient (Wildman–Crippen LogP) is 5.89. The van der Waals surface area contributed by atoms with Crippen molar-refractivity contribution in [1.82, 2.24) is 0 Å². The minimum atomic E-state index is -1.13. The van der Waals surface area contributed by atoms with Crippen LogP contribution in [0.4, 0.5) is 0 Å². The van der Waals surface area contributed by atoms with Gasteiger partial charge in [-0.2, -0.15) is 0 Å². The lowest BCUT2D eigenvalue weighted by atomic mass is 10.1. The summed E-state index contributed by atoms with van der Waals surface area (Å²) in [6.07, 6.45) is 22.5. The second kappa shape index (κ2) is 21.7. The average Bonchev–Trinajstić information content (AvgIpc) is 2.95. The summed E-state index contributed by atoms with van der Waals surface area (Å²) in [5.74, 6) is -1.13. The third-order valence-corrected chi connectivity index (χ3v) is 7.05. The van der Waals surface area contributed by atoms with Gasteiger partial charge in [-0.15, -0.1) is 0 Å². The number of allylic oxidation sites excluding steroid dienone is 2. The molecule has 0 atom stereocenters. The molecule has 6 heteroatoms. The van der Waals surface area contributed by atoms with E-state index in [2.05, 4.69) is 19.1 Å². The highest BCUT2D eigenvalue weighted by atomic mass is 16.4. The van der Waals surface area contributed by atoms with Gasteiger partial charge in [-0.3, -0.25) is 4.48 Å². The fourth-order valence-electron chi connectivity index (χ4n) is 4.44. The quantitative estimate of drug-likeness (QED) is 0.0859. The highest BCUT2D eigenvalue weighted by Crippen LogP contribution is 2.17. The molecule has 0 radical (unpaired) electrons. The number of aliphatic hydroxyl groups is 3. The molecule has 0 unspecified atom stereocenters. The van der Waals surface area contributed by atoms with Crippen molar-refractivity contribution in [2.24, 2.45) is 0 Å². The smallest absolute Gasteiger partial charge is 0.183 e. The normalized spacial score (nSPS) is 11.6. The Labute approximate surface area is 230 Å². The van der Waals surface area contributed by atoms with Crippen molar-refractivity contribution in [2.45, 2.75) is 96.8 Å². The number of fused-ring (bicyclic) bond motifs is 1. The first-order valence-corrected chi connectivity index (χ1v) is 14.6. The third kappa shape index (κ3) is 14.1. The number of benzene rings is 2. The van der Waals surface area contributed by atoms with Crippen molar-refractivity contribution >= 4 is 16.7 Å². The third-order valence-electron chi connectivity index (χ3n) is 7.05. The number of nitrogens with zero attached hydrogens (tertiary/aromatic N) is 1. The van der Waals surface area contributed by atoms with Crippen LogP contribution < -0.4 is 5.11 Å². The van der Waals surface area contributed by atoms with Crippen LogP contribution in [-0.4, -0.2) is 52.5 Å². The van der Waals surface area contributed by atoms with E-state index >= 15 is 0 Å². The molecule has 0 aliphatic carbocycles. The van der Waals surface area contributed by atoms with Gasteiger partial charge in [-0.05, 0) is 49.3 Å². The topological polar surface area (TPSA) is 101 Å². The molecule has 2 aromatic carbocycles. The zero-order valence-corrected chi connectivity index (χ0v) is 23.5. The Hall–Kier alpha value is -2.25. The van der Waals surface area contributed by atoms with Gasteiger partial charge in [-0.25, -0.2) is 0 Å². The summed E-state index contributed by atoms with van der Waals surface area (Å²) in [6.45, 7) is 2.32. The van der Waals surface area contributed by atoms with Crippen molar-refractivity contribution in [3.05, 3.63) is 60.2 Å². The highest BCUT2D eigenvalue weighted by molar-refractivity contribution is 6.02. The summed E-state index contributed by atoms with van der Waals surface area (Å²) < 4.78 is -0.0105. The lowest BCUT2D eigenvalue weighted by molar-refractivity contribution is -0.976. The van der Waals surface area contributed by atoms with E-state index in [1.807, 2.05) is 24.3 Å². The standard InChI is InChI=1S/C21H44NO3.C11H8O2/c1-2-3-4-5-6-7-8-9-10-11-12-13-14-15-16-17-18-22(19-23,20-24)21-25;12-11(13)10-7-3-5-8-4-1-2-6-9(8)10/h9-10,23-25H,2-8,11-21H2,1H3;1-7H,(H,12,13)/q+1;/p-1/b10-9-;. The van der Waals surface area contributed by atoms with E-state index in [1.54, 1.807) is 18.2 Å². The van der Waals surface area contributed by atoms with E-state index in [0.29, 0.717) is 6.54 Å². The number of unbranched alkanes of at least 4 members (excludes halogenated alkanes) is 12. The van der Waals surface area contributed by atoms with Crippen molar-refractivity contribution in [3.63, 3.8) is 0 Å². The fourth-order valence-corrected chi connectivity index (χ4v) is 4.44. The number of hydrogen-bond donors (Lipinski definition) is 3. The molecule has 214 valence electrons. The van der Waals surface area contributed by atoms with Crippen molar-refractivity contribution in [3.8, 4) is 0 Å². The summed E-state index contributed by atoms with van der Waals surface area (Å²) in [5.41, 5.74) is 0.248. The van der Waals surface area contributed by atoms with Crippen LogP contribution >= 0.6 is 0 Å². The molecule has 0 saturated carbocycles. The van der Waals surface area contributed by atoms with Crippen LogP contribution in [0.2, 0.25) is 0 Å². The maximum atomic E-state index is 10.7. The first-order valence-electron chi connectivity index (χ1n) is 14.6. The Balaban J connectivity index is 0.000000457. The highest BCUT2D eigenvalue weighted by Gasteiger charge is 2.23. The molecule has 2 aromatic rings. The van der Waals surface area contributed by atoms with Gasteiger partial charge < -0.3 is 25.2 Å². The van der Waals surface area contributed by atoms with Crippen LogP contribution in [0.3, 0.4) is 0 Å².